The average molecular weight is 310 g/mol. The van der Waals surface area contributed by atoms with Crippen LogP contribution in [-0.4, -0.2) is 19.1 Å². The second-order valence-electron chi connectivity index (χ2n) is 5.54. The highest BCUT2D eigenvalue weighted by atomic mass is 16.5. The van der Waals surface area contributed by atoms with Gasteiger partial charge in [0.15, 0.2) is 0 Å². The molecule has 0 aliphatic heterocycles. The van der Waals surface area contributed by atoms with Crippen LogP contribution < -0.4 is 15.4 Å². The second-order valence-corrected chi connectivity index (χ2v) is 5.54. The van der Waals surface area contributed by atoms with Crippen molar-refractivity contribution in [3.63, 3.8) is 0 Å². The highest BCUT2D eigenvalue weighted by Gasteiger charge is 2.03. The fraction of sp³-hybridized carbons (Fsp3) is 0.211. The Morgan fingerprint density at radius 1 is 1.13 bits per heavy atom. The lowest BCUT2D eigenvalue weighted by atomic mass is 10.2. The summed E-state index contributed by atoms with van der Waals surface area (Å²) in [5.74, 6) is 0.658. The molecule has 4 heteroatoms. The average Bonchev–Trinajstić information content (AvgIpc) is 2.52. The van der Waals surface area contributed by atoms with Crippen LogP contribution in [0.25, 0.3) is 0 Å². The van der Waals surface area contributed by atoms with Gasteiger partial charge in [0, 0.05) is 11.4 Å². The third-order valence-electron chi connectivity index (χ3n) is 3.09. The zero-order valence-electron chi connectivity index (χ0n) is 13.6. The van der Waals surface area contributed by atoms with E-state index in [2.05, 4.69) is 17.2 Å². The molecule has 0 aliphatic carbocycles. The van der Waals surface area contributed by atoms with Crippen LogP contribution in [0, 0.1) is 6.92 Å². The van der Waals surface area contributed by atoms with E-state index in [9.17, 15) is 4.79 Å². The Morgan fingerprint density at radius 2 is 1.87 bits per heavy atom. The standard InChI is InChI=1S/C19H22N2O2/c1-14(2)13-23-18-9-7-16(8-10-18)21-19(22)12-20-17-6-4-5-15(3)11-17/h4-11,20H,1,12-13H2,2-3H3,(H,21,22). The van der Waals surface area contributed by atoms with Crippen molar-refractivity contribution in [3.05, 3.63) is 66.2 Å². The molecule has 0 saturated carbocycles. The summed E-state index contributed by atoms with van der Waals surface area (Å²) in [6.07, 6.45) is 0. The number of anilines is 2. The molecule has 2 rings (SSSR count). The summed E-state index contributed by atoms with van der Waals surface area (Å²) in [6, 6.07) is 15.2. The quantitative estimate of drug-likeness (QED) is 0.760. The van der Waals surface area contributed by atoms with Crippen LogP contribution in [0.1, 0.15) is 12.5 Å². The zero-order valence-corrected chi connectivity index (χ0v) is 13.6. The van der Waals surface area contributed by atoms with E-state index in [-0.39, 0.29) is 12.5 Å². The van der Waals surface area contributed by atoms with E-state index in [0.29, 0.717) is 6.61 Å². The lowest BCUT2D eigenvalue weighted by Crippen LogP contribution is -2.21. The number of rotatable bonds is 7. The van der Waals surface area contributed by atoms with E-state index in [0.717, 1.165) is 28.3 Å². The number of hydrogen-bond acceptors (Lipinski definition) is 3. The predicted molar refractivity (Wildman–Crippen MR) is 95.0 cm³/mol. The molecule has 0 aliphatic rings. The fourth-order valence-electron chi connectivity index (χ4n) is 1.98. The van der Waals surface area contributed by atoms with Gasteiger partial charge in [0.1, 0.15) is 12.4 Å². The van der Waals surface area contributed by atoms with Crippen LogP contribution in [0.4, 0.5) is 11.4 Å². The largest absolute Gasteiger partial charge is 0.489 e. The van der Waals surface area contributed by atoms with Gasteiger partial charge >= 0.3 is 0 Å². The number of hydrogen-bond donors (Lipinski definition) is 2. The Morgan fingerprint density at radius 3 is 2.52 bits per heavy atom. The van der Waals surface area contributed by atoms with Gasteiger partial charge in [-0.2, -0.15) is 0 Å². The first-order valence-corrected chi connectivity index (χ1v) is 7.50. The minimum atomic E-state index is -0.0953. The van der Waals surface area contributed by atoms with Crippen LogP contribution in [0.15, 0.2) is 60.7 Å². The minimum absolute atomic E-state index is 0.0953. The van der Waals surface area contributed by atoms with Crippen LogP contribution in [-0.2, 0) is 4.79 Å². The SMILES string of the molecule is C=C(C)COc1ccc(NC(=O)CNc2cccc(C)c2)cc1. The van der Waals surface area contributed by atoms with E-state index < -0.39 is 0 Å². The summed E-state index contributed by atoms with van der Waals surface area (Å²) in [4.78, 5) is 12.0. The first-order chi connectivity index (χ1) is 11.0. The molecule has 0 atom stereocenters. The number of amides is 1. The number of aryl methyl sites for hydroxylation is 1. The molecular weight excluding hydrogens is 288 g/mol. The van der Waals surface area contributed by atoms with Crippen molar-refractivity contribution in [2.24, 2.45) is 0 Å². The van der Waals surface area contributed by atoms with Crippen molar-refractivity contribution >= 4 is 17.3 Å². The van der Waals surface area contributed by atoms with Crippen molar-refractivity contribution < 1.29 is 9.53 Å². The van der Waals surface area contributed by atoms with Gasteiger partial charge < -0.3 is 15.4 Å². The van der Waals surface area contributed by atoms with E-state index in [1.54, 1.807) is 0 Å². The summed E-state index contributed by atoms with van der Waals surface area (Å²) >= 11 is 0. The molecule has 23 heavy (non-hydrogen) atoms. The molecular formula is C19H22N2O2. The van der Waals surface area contributed by atoms with E-state index >= 15 is 0 Å². The molecule has 2 aromatic carbocycles. The monoisotopic (exact) mass is 310 g/mol. The van der Waals surface area contributed by atoms with Crippen LogP contribution in [0.2, 0.25) is 0 Å². The van der Waals surface area contributed by atoms with Crippen molar-refractivity contribution in [1.82, 2.24) is 0 Å². The van der Waals surface area contributed by atoms with Gasteiger partial charge in [0.25, 0.3) is 0 Å². The molecule has 2 N–H and O–H groups in total. The molecule has 0 aromatic heterocycles. The van der Waals surface area contributed by atoms with Gasteiger partial charge in [-0.15, -0.1) is 0 Å². The van der Waals surface area contributed by atoms with Crippen molar-refractivity contribution in [1.29, 1.82) is 0 Å². The van der Waals surface area contributed by atoms with Gasteiger partial charge in [-0.3, -0.25) is 4.79 Å². The summed E-state index contributed by atoms with van der Waals surface area (Å²) in [6.45, 7) is 8.43. The zero-order chi connectivity index (χ0) is 16.7. The Bertz CT molecular complexity index is 678. The Labute approximate surface area is 137 Å². The summed E-state index contributed by atoms with van der Waals surface area (Å²) in [5.41, 5.74) is 3.79. The second kappa shape index (κ2) is 8.03. The molecule has 120 valence electrons. The van der Waals surface area contributed by atoms with Crippen LogP contribution in [0.5, 0.6) is 5.75 Å². The van der Waals surface area contributed by atoms with Gasteiger partial charge in [0.2, 0.25) is 5.91 Å². The summed E-state index contributed by atoms with van der Waals surface area (Å²) in [7, 11) is 0. The van der Waals surface area contributed by atoms with Gasteiger partial charge in [0.05, 0.1) is 6.54 Å². The highest BCUT2D eigenvalue weighted by Crippen LogP contribution is 2.16. The van der Waals surface area contributed by atoms with Gasteiger partial charge in [-0.1, -0.05) is 18.7 Å². The van der Waals surface area contributed by atoms with Crippen LogP contribution >= 0.6 is 0 Å². The third kappa shape index (κ3) is 5.87. The molecule has 0 unspecified atom stereocenters. The first kappa shape index (κ1) is 16.6. The van der Waals surface area contributed by atoms with Crippen LogP contribution in [0.3, 0.4) is 0 Å². The van der Waals surface area contributed by atoms with Gasteiger partial charge in [-0.05, 0) is 61.4 Å². The first-order valence-electron chi connectivity index (χ1n) is 7.50. The summed E-state index contributed by atoms with van der Waals surface area (Å²) in [5, 5.41) is 5.95. The molecule has 0 fully saturated rings. The number of benzene rings is 2. The van der Waals surface area contributed by atoms with Crippen molar-refractivity contribution in [2.45, 2.75) is 13.8 Å². The fourth-order valence-corrected chi connectivity index (χ4v) is 1.98. The lowest BCUT2D eigenvalue weighted by molar-refractivity contribution is -0.114. The maximum absolute atomic E-state index is 12.0. The predicted octanol–water partition coefficient (Wildman–Crippen LogP) is 4.00. The number of nitrogens with one attached hydrogen (secondary N) is 2. The Kier molecular flexibility index (Phi) is 5.80. The van der Waals surface area contributed by atoms with E-state index in [1.165, 1.54) is 0 Å². The summed E-state index contributed by atoms with van der Waals surface area (Å²) < 4.78 is 5.52. The van der Waals surface area contributed by atoms with Gasteiger partial charge in [-0.25, -0.2) is 0 Å². The molecule has 4 nitrogen and oxygen atoms in total. The highest BCUT2D eigenvalue weighted by molar-refractivity contribution is 5.93. The maximum atomic E-state index is 12.0. The molecule has 0 saturated heterocycles. The number of ether oxygens (including phenoxy) is 1. The third-order valence-corrected chi connectivity index (χ3v) is 3.09. The molecule has 2 aromatic rings. The van der Waals surface area contributed by atoms with Crippen molar-refractivity contribution in [2.75, 3.05) is 23.8 Å². The molecule has 0 spiro atoms. The number of carbonyl (C=O) groups is 1. The lowest BCUT2D eigenvalue weighted by Gasteiger charge is -2.10. The minimum Gasteiger partial charge on any atom is -0.489 e. The van der Waals surface area contributed by atoms with E-state index in [4.69, 9.17) is 4.74 Å². The maximum Gasteiger partial charge on any atom is 0.243 e. The molecule has 1 amide bonds. The van der Waals surface area contributed by atoms with E-state index in [1.807, 2.05) is 62.4 Å². The normalized spacial score (nSPS) is 10.0. The number of carbonyl (C=O) groups excluding carboxylic acids is 1. The molecule has 0 heterocycles. The smallest absolute Gasteiger partial charge is 0.243 e. The molecule has 0 bridgehead atoms. The van der Waals surface area contributed by atoms with Crippen molar-refractivity contribution in [3.8, 4) is 5.75 Å². The Hall–Kier alpha value is -2.75. The Balaban J connectivity index is 1.81. The molecule has 0 radical (unpaired) electrons. The topological polar surface area (TPSA) is 50.4 Å².